The maximum atomic E-state index is 14.8. The molecule has 0 spiro atoms. The van der Waals surface area contributed by atoms with Gasteiger partial charge >= 0.3 is 0 Å². The SMILES string of the molecule is CCCc1ccnn1Cc1c(F)cc(-c2ccccc2S(=O)(=O)NC(C)=O)cc1F. The Morgan fingerprint density at radius 1 is 1.13 bits per heavy atom. The Bertz CT molecular complexity index is 1170. The van der Waals surface area contributed by atoms with Crippen LogP contribution in [0.2, 0.25) is 0 Å². The predicted octanol–water partition coefficient (Wildman–Crippen LogP) is 3.65. The van der Waals surface area contributed by atoms with Crippen LogP contribution >= 0.6 is 0 Å². The molecule has 1 N–H and O–H groups in total. The third kappa shape index (κ3) is 4.56. The first kappa shape index (κ1) is 21.6. The summed E-state index contributed by atoms with van der Waals surface area (Å²) in [5.74, 6) is -2.39. The van der Waals surface area contributed by atoms with Crippen LogP contribution in [0.5, 0.6) is 0 Å². The average Bonchev–Trinajstić information content (AvgIpc) is 3.11. The van der Waals surface area contributed by atoms with Crippen molar-refractivity contribution in [3.63, 3.8) is 0 Å². The lowest BCUT2D eigenvalue weighted by molar-refractivity contribution is -0.117. The summed E-state index contributed by atoms with van der Waals surface area (Å²) < 4.78 is 58.0. The summed E-state index contributed by atoms with van der Waals surface area (Å²) in [7, 11) is -4.19. The number of amides is 1. The van der Waals surface area contributed by atoms with Gasteiger partial charge in [-0.05, 0) is 36.2 Å². The summed E-state index contributed by atoms with van der Waals surface area (Å²) in [6.07, 6.45) is 3.18. The molecule has 1 heterocycles. The minimum atomic E-state index is -4.19. The number of halogens is 2. The van der Waals surface area contributed by atoms with Crippen molar-refractivity contribution in [1.29, 1.82) is 0 Å². The lowest BCUT2D eigenvalue weighted by Gasteiger charge is -2.14. The molecule has 158 valence electrons. The van der Waals surface area contributed by atoms with Crippen molar-refractivity contribution < 1.29 is 22.0 Å². The van der Waals surface area contributed by atoms with Crippen molar-refractivity contribution in [3.05, 3.63) is 71.6 Å². The number of aromatic nitrogens is 2. The number of sulfonamides is 1. The standard InChI is InChI=1S/C21H21F2N3O3S/c1-3-6-16-9-10-24-26(16)13-18-19(22)11-15(12-20(18)23)17-7-4-5-8-21(17)30(28,29)25-14(2)27/h4-5,7-12H,3,6,13H2,1-2H3,(H,25,27). The smallest absolute Gasteiger partial charge is 0.264 e. The first-order valence-corrected chi connectivity index (χ1v) is 10.8. The molecule has 0 radical (unpaired) electrons. The minimum absolute atomic E-state index is 0.0486. The summed E-state index contributed by atoms with van der Waals surface area (Å²) in [4.78, 5) is 11.0. The molecule has 0 saturated carbocycles. The van der Waals surface area contributed by atoms with Crippen molar-refractivity contribution in [2.45, 2.75) is 38.1 Å². The topological polar surface area (TPSA) is 81.1 Å². The van der Waals surface area contributed by atoms with E-state index in [1.54, 1.807) is 23.0 Å². The maximum absolute atomic E-state index is 14.8. The van der Waals surface area contributed by atoms with Crippen LogP contribution in [0.25, 0.3) is 11.1 Å². The molecule has 0 aliphatic heterocycles. The van der Waals surface area contributed by atoms with E-state index in [-0.39, 0.29) is 28.1 Å². The van der Waals surface area contributed by atoms with Gasteiger partial charge in [0.15, 0.2) is 0 Å². The van der Waals surface area contributed by atoms with Gasteiger partial charge in [0.25, 0.3) is 10.0 Å². The lowest BCUT2D eigenvalue weighted by atomic mass is 10.0. The number of carbonyl (C=O) groups excluding carboxylic acids is 1. The Morgan fingerprint density at radius 3 is 2.43 bits per heavy atom. The lowest BCUT2D eigenvalue weighted by Crippen LogP contribution is -2.28. The van der Waals surface area contributed by atoms with E-state index < -0.39 is 27.6 Å². The van der Waals surface area contributed by atoms with E-state index in [1.165, 1.54) is 18.2 Å². The highest BCUT2D eigenvalue weighted by Crippen LogP contribution is 2.30. The number of benzene rings is 2. The van der Waals surface area contributed by atoms with Crippen LogP contribution in [-0.4, -0.2) is 24.1 Å². The molecule has 9 heteroatoms. The second-order valence-corrected chi connectivity index (χ2v) is 8.46. The van der Waals surface area contributed by atoms with Crippen LogP contribution in [0.3, 0.4) is 0 Å². The zero-order valence-corrected chi connectivity index (χ0v) is 17.3. The molecule has 6 nitrogen and oxygen atoms in total. The quantitative estimate of drug-likeness (QED) is 0.617. The van der Waals surface area contributed by atoms with Crippen molar-refractivity contribution in [2.24, 2.45) is 0 Å². The highest BCUT2D eigenvalue weighted by atomic mass is 32.2. The monoisotopic (exact) mass is 433 g/mol. The first-order chi connectivity index (χ1) is 14.2. The molecule has 1 aromatic heterocycles. The summed E-state index contributed by atoms with van der Waals surface area (Å²) in [5, 5.41) is 4.13. The fourth-order valence-electron chi connectivity index (χ4n) is 3.21. The third-order valence-electron chi connectivity index (χ3n) is 4.53. The third-order valence-corrected chi connectivity index (χ3v) is 6.02. The number of hydrogen-bond donors (Lipinski definition) is 1. The summed E-state index contributed by atoms with van der Waals surface area (Å²) in [5.41, 5.74) is 0.836. The molecule has 3 rings (SSSR count). The van der Waals surface area contributed by atoms with E-state index in [4.69, 9.17) is 0 Å². The second kappa shape index (κ2) is 8.74. The van der Waals surface area contributed by atoms with Gasteiger partial charge in [0.05, 0.1) is 11.4 Å². The van der Waals surface area contributed by atoms with Crippen LogP contribution in [0.4, 0.5) is 8.78 Å². The van der Waals surface area contributed by atoms with Crippen molar-refractivity contribution >= 4 is 15.9 Å². The Balaban J connectivity index is 2.03. The van der Waals surface area contributed by atoms with Crippen LogP contribution in [0.15, 0.2) is 53.6 Å². The van der Waals surface area contributed by atoms with Crippen molar-refractivity contribution in [2.75, 3.05) is 0 Å². The first-order valence-electron chi connectivity index (χ1n) is 9.34. The van der Waals surface area contributed by atoms with Crippen molar-refractivity contribution in [1.82, 2.24) is 14.5 Å². The van der Waals surface area contributed by atoms with Crippen LogP contribution < -0.4 is 4.72 Å². The highest BCUT2D eigenvalue weighted by molar-refractivity contribution is 7.90. The van der Waals surface area contributed by atoms with Gasteiger partial charge < -0.3 is 0 Å². The van der Waals surface area contributed by atoms with E-state index in [2.05, 4.69) is 5.10 Å². The number of carbonyl (C=O) groups is 1. The summed E-state index contributed by atoms with van der Waals surface area (Å²) in [6, 6.07) is 9.68. The normalized spacial score (nSPS) is 11.5. The number of nitrogens with one attached hydrogen (secondary N) is 1. The minimum Gasteiger partial charge on any atom is -0.274 e. The molecule has 0 aliphatic carbocycles. The Morgan fingerprint density at radius 2 is 1.80 bits per heavy atom. The summed E-state index contributed by atoms with van der Waals surface area (Å²) in [6.45, 7) is 2.99. The van der Waals surface area contributed by atoms with Gasteiger partial charge in [0.1, 0.15) is 11.6 Å². The Kier molecular flexibility index (Phi) is 6.31. The van der Waals surface area contributed by atoms with Crippen LogP contribution in [-0.2, 0) is 27.8 Å². The molecule has 0 fully saturated rings. The molecule has 0 saturated heterocycles. The van der Waals surface area contributed by atoms with E-state index in [0.717, 1.165) is 37.6 Å². The zero-order chi connectivity index (χ0) is 21.9. The molecular weight excluding hydrogens is 412 g/mol. The van der Waals surface area contributed by atoms with Gasteiger partial charge in [-0.3, -0.25) is 9.48 Å². The molecule has 1 amide bonds. The highest BCUT2D eigenvalue weighted by Gasteiger charge is 2.22. The number of nitrogens with zero attached hydrogens (tertiary/aromatic N) is 2. The molecule has 0 bridgehead atoms. The largest absolute Gasteiger partial charge is 0.274 e. The number of aryl methyl sites for hydroxylation is 1. The second-order valence-electron chi connectivity index (χ2n) is 6.81. The molecule has 3 aromatic rings. The van der Waals surface area contributed by atoms with Gasteiger partial charge in [-0.2, -0.15) is 5.10 Å². The molecule has 0 unspecified atom stereocenters. The van der Waals surface area contributed by atoms with E-state index in [0.29, 0.717) is 0 Å². The van der Waals surface area contributed by atoms with Crippen molar-refractivity contribution in [3.8, 4) is 11.1 Å². The fraction of sp³-hybridized carbons (Fsp3) is 0.238. The van der Waals surface area contributed by atoms with Gasteiger partial charge in [-0.15, -0.1) is 0 Å². The number of rotatable bonds is 7. The van der Waals surface area contributed by atoms with E-state index in [1.807, 2.05) is 11.6 Å². The van der Waals surface area contributed by atoms with Gasteiger partial charge in [0, 0.05) is 29.9 Å². The van der Waals surface area contributed by atoms with Crippen LogP contribution in [0.1, 0.15) is 31.5 Å². The fourth-order valence-corrected chi connectivity index (χ4v) is 4.44. The summed E-state index contributed by atoms with van der Waals surface area (Å²) >= 11 is 0. The molecule has 2 aromatic carbocycles. The molecule has 0 atom stereocenters. The molecular formula is C21H21F2N3O3S. The average molecular weight is 433 g/mol. The Labute approximate surface area is 173 Å². The predicted molar refractivity (Wildman–Crippen MR) is 108 cm³/mol. The maximum Gasteiger partial charge on any atom is 0.264 e. The van der Waals surface area contributed by atoms with Crippen LogP contribution in [0, 0.1) is 11.6 Å². The van der Waals surface area contributed by atoms with Gasteiger partial charge in [-0.25, -0.2) is 21.9 Å². The van der Waals surface area contributed by atoms with Gasteiger partial charge in [0.2, 0.25) is 5.91 Å². The van der Waals surface area contributed by atoms with Gasteiger partial charge in [-0.1, -0.05) is 31.5 Å². The number of hydrogen-bond acceptors (Lipinski definition) is 4. The Hall–Kier alpha value is -3.07. The van der Waals surface area contributed by atoms with E-state index >= 15 is 0 Å². The molecule has 30 heavy (non-hydrogen) atoms. The zero-order valence-electron chi connectivity index (χ0n) is 16.5. The van der Waals surface area contributed by atoms with E-state index in [9.17, 15) is 22.0 Å². The molecule has 0 aliphatic rings.